The molecule has 0 saturated heterocycles. The van der Waals surface area contributed by atoms with Crippen LogP contribution in [0.4, 0.5) is 4.39 Å². The van der Waals surface area contributed by atoms with Gasteiger partial charge in [0.05, 0.1) is 0 Å². The molecule has 0 fully saturated rings. The van der Waals surface area contributed by atoms with Crippen LogP contribution in [-0.4, -0.2) is 17.5 Å². The monoisotopic (exact) mass is 252 g/mol. The third kappa shape index (κ3) is 5.25. The van der Waals surface area contributed by atoms with Gasteiger partial charge in [0.15, 0.2) is 0 Å². The van der Waals surface area contributed by atoms with Crippen molar-refractivity contribution in [2.45, 2.75) is 25.5 Å². The van der Waals surface area contributed by atoms with Gasteiger partial charge in [-0.25, -0.2) is 4.39 Å². The first-order chi connectivity index (χ1) is 8.27. The number of unbranched alkanes of at least 4 members (excludes halogenated alkanes) is 1. The van der Waals surface area contributed by atoms with E-state index in [-0.39, 0.29) is 12.4 Å². The second-order valence-corrected chi connectivity index (χ2v) is 4.77. The van der Waals surface area contributed by atoms with Crippen LogP contribution in [0.25, 0.3) is 0 Å². The van der Waals surface area contributed by atoms with Crippen LogP contribution in [0.15, 0.2) is 18.2 Å². The Bertz CT molecular complexity index is 406. The van der Waals surface area contributed by atoms with Gasteiger partial charge in [0.2, 0.25) is 0 Å². The SMILES string of the molecule is CCCCSCc1ccc(F)cc1C#CCO. The molecule has 0 saturated carbocycles. The molecular weight excluding hydrogens is 235 g/mol. The fraction of sp³-hybridized carbons (Fsp3) is 0.429. The van der Waals surface area contributed by atoms with Gasteiger partial charge in [-0.05, 0) is 29.9 Å². The van der Waals surface area contributed by atoms with Gasteiger partial charge in [-0.3, -0.25) is 0 Å². The Balaban J connectivity index is 2.69. The molecule has 1 aromatic rings. The minimum Gasteiger partial charge on any atom is -0.384 e. The van der Waals surface area contributed by atoms with Crippen molar-refractivity contribution in [3.05, 3.63) is 35.1 Å². The number of aliphatic hydroxyl groups is 1. The van der Waals surface area contributed by atoms with Crippen LogP contribution in [-0.2, 0) is 5.75 Å². The van der Waals surface area contributed by atoms with Crippen molar-refractivity contribution >= 4 is 11.8 Å². The summed E-state index contributed by atoms with van der Waals surface area (Å²) in [4.78, 5) is 0. The van der Waals surface area contributed by atoms with Crippen molar-refractivity contribution in [2.75, 3.05) is 12.4 Å². The third-order valence-electron chi connectivity index (χ3n) is 2.27. The molecule has 0 aromatic heterocycles. The van der Waals surface area contributed by atoms with Gasteiger partial charge in [-0.1, -0.05) is 31.3 Å². The fourth-order valence-corrected chi connectivity index (χ4v) is 2.46. The van der Waals surface area contributed by atoms with E-state index in [0.29, 0.717) is 5.56 Å². The largest absolute Gasteiger partial charge is 0.384 e. The van der Waals surface area contributed by atoms with Crippen LogP contribution in [0.3, 0.4) is 0 Å². The van der Waals surface area contributed by atoms with Crippen molar-refractivity contribution in [1.29, 1.82) is 0 Å². The first-order valence-electron chi connectivity index (χ1n) is 5.73. The molecule has 0 aliphatic rings. The molecular formula is C14H17FOS. The molecule has 0 bridgehead atoms. The molecule has 0 unspecified atom stereocenters. The zero-order chi connectivity index (χ0) is 12.5. The number of aliphatic hydroxyl groups excluding tert-OH is 1. The molecule has 0 radical (unpaired) electrons. The lowest BCUT2D eigenvalue weighted by Gasteiger charge is -2.04. The summed E-state index contributed by atoms with van der Waals surface area (Å²) in [5, 5.41) is 8.66. The molecule has 0 amide bonds. The maximum absolute atomic E-state index is 13.1. The van der Waals surface area contributed by atoms with E-state index in [2.05, 4.69) is 18.8 Å². The number of benzene rings is 1. The lowest BCUT2D eigenvalue weighted by Crippen LogP contribution is -1.91. The van der Waals surface area contributed by atoms with Crippen molar-refractivity contribution in [3.8, 4) is 11.8 Å². The van der Waals surface area contributed by atoms with Crippen LogP contribution in [0.1, 0.15) is 30.9 Å². The summed E-state index contributed by atoms with van der Waals surface area (Å²) in [6, 6.07) is 4.66. The molecule has 3 heteroatoms. The van der Waals surface area contributed by atoms with Gasteiger partial charge < -0.3 is 5.11 Å². The van der Waals surface area contributed by atoms with Crippen LogP contribution in [0.5, 0.6) is 0 Å². The molecule has 0 aliphatic heterocycles. The van der Waals surface area contributed by atoms with Crippen LogP contribution in [0.2, 0.25) is 0 Å². The molecule has 17 heavy (non-hydrogen) atoms. The van der Waals surface area contributed by atoms with Crippen LogP contribution >= 0.6 is 11.8 Å². The summed E-state index contributed by atoms with van der Waals surface area (Å²) in [5.41, 5.74) is 1.72. The van der Waals surface area contributed by atoms with E-state index < -0.39 is 0 Å². The summed E-state index contributed by atoms with van der Waals surface area (Å²) in [7, 11) is 0. The number of thioether (sulfide) groups is 1. The average molecular weight is 252 g/mol. The van der Waals surface area contributed by atoms with Crippen molar-refractivity contribution < 1.29 is 9.50 Å². The average Bonchev–Trinajstić information content (AvgIpc) is 2.34. The van der Waals surface area contributed by atoms with Gasteiger partial charge in [-0.2, -0.15) is 11.8 Å². The maximum atomic E-state index is 13.1. The maximum Gasteiger partial charge on any atom is 0.124 e. The molecule has 92 valence electrons. The van der Waals surface area contributed by atoms with E-state index >= 15 is 0 Å². The highest BCUT2D eigenvalue weighted by Gasteiger charge is 2.02. The van der Waals surface area contributed by atoms with Gasteiger partial charge in [0.1, 0.15) is 12.4 Å². The Labute approximate surface area is 106 Å². The molecule has 1 nitrogen and oxygen atoms in total. The molecule has 0 heterocycles. The summed E-state index contributed by atoms with van der Waals surface area (Å²) < 4.78 is 13.1. The Kier molecular flexibility index (Phi) is 6.76. The topological polar surface area (TPSA) is 20.2 Å². The normalized spacial score (nSPS) is 9.82. The number of rotatable bonds is 5. The minimum atomic E-state index is -0.283. The van der Waals surface area contributed by atoms with E-state index in [0.717, 1.165) is 17.1 Å². The number of hydrogen-bond acceptors (Lipinski definition) is 2. The number of halogens is 1. The summed E-state index contributed by atoms with van der Waals surface area (Å²) in [5.74, 6) is 7.03. The lowest BCUT2D eigenvalue weighted by atomic mass is 10.1. The molecule has 0 atom stereocenters. The fourth-order valence-electron chi connectivity index (χ4n) is 1.35. The van der Waals surface area contributed by atoms with Crippen LogP contribution in [0, 0.1) is 17.7 Å². The van der Waals surface area contributed by atoms with Crippen molar-refractivity contribution in [1.82, 2.24) is 0 Å². The van der Waals surface area contributed by atoms with Gasteiger partial charge in [0, 0.05) is 11.3 Å². The molecule has 1 aromatic carbocycles. The Morgan fingerprint density at radius 2 is 2.24 bits per heavy atom. The highest BCUT2D eigenvalue weighted by molar-refractivity contribution is 7.98. The minimum absolute atomic E-state index is 0.196. The van der Waals surface area contributed by atoms with Crippen LogP contribution < -0.4 is 0 Å². The summed E-state index contributed by atoms with van der Waals surface area (Å²) >= 11 is 1.83. The number of hydrogen-bond donors (Lipinski definition) is 1. The quantitative estimate of drug-likeness (QED) is 0.641. The van der Waals surface area contributed by atoms with Crippen molar-refractivity contribution in [3.63, 3.8) is 0 Å². The van der Waals surface area contributed by atoms with E-state index in [1.807, 2.05) is 11.8 Å². The molecule has 1 rings (SSSR count). The Morgan fingerprint density at radius 1 is 1.41 bits per heavy atom. The standard InChI is InChI=1S/C14H17FOS/c1-2-3-9-17-11-13-6-7-14(15)10-12(13)5-4-8-16/h6-7,10,16H,2-3,8-9,11H2,1H3. The first-order valence-corrected chi connectivity index (χ1v) is 6.89. The van der Waals surface area contributed by atoms with E-state index in [1.54, 1.807) is 6.07 Å². The lowest BCUT2D eigenvalue weighted by molar-refractivity contribution is 0.350. The van der Waals surface area contributed by atoms with E-state index in [1.165, 1.54) is 25.0 Å². The third-order valence-corrected chi connectivity index (χ3v) is 3.37. The summed E-state index contributed by atoms with van der Waals surface area (Å²) in [6.07, 6.45) is 2.39. The highest BCUT2D eigenvalue weighted by atomic mass is 32.2. The Hall–Kier alpha value is -0.980. The van der Waals surface area contributed by atoms with Crippen molar-refractivity contribution in [2.24, 2.45) is 0 Å². The molecule has 1 N–H and O–H groups in total. The summed E-state index contributed by atoms with van der Waals surface area (Å²) in [6.45, 7) is 1.97. The highest BCUT2D eigenvalue weighted by Crippen LogP contribution is 2.18. The van der Waals surface area contributed by atoms with Gasteiger partial charge in [-0.15, -0.1) is 0 Å². The predicted molar refractivity (Wildman–Crippen MR) is 71.4 cm³/mol. The molecule has 0 aliphatic carbocycles. The molecule has 0 spiro atoms. The first kappa shape index (κ1) is 14.1. The second kappa shape index (κ2) is 8.16. The zero-order valence-corrected chi connectivity index (χ0v) is 10.8. The van der Waals surface area contributed by atoms with Gasteiger partial charge in [0.25, 0.3) is 0 Å². The predicted octanol–water partition coefficient (Wildman–Crippen LogP) is 3.20. The van der Waals surface area contributed by atoms with E-state index in [4.69, 9.17) is 5.11 Å². The van der Waals surface area contributed by atoms with Gasteiger partial charge >= 0.3 is 0 Å². The van der Waals surface area contributed by atoms with E-state index in [9.17, 15) is 4.39 Å². The second-order valence-electron chi connectivity index (χ2n) is 3.67. The smallest absolute Gasteiger partial charge is 0.124 e. The zero-order valence-electron chi connectivity index (χ0n) is 10.0. The Morgan fingerprint density at radius 3 is 2.94 bits per heavy atom.